The average molecular weight is 312 g/mol. The minimum atomic E-state index is -0.716. The summed E-state index contributed by atoms with van der Waals surface area (Å²) >= 11 is 1.42. The molecule has 1 aliphatic heterocycles. The van der Waals surface area contributed by atoms with E-state index in [1.165, 1.54) is 36.9 Å². The topological polar surface area (TPSA) is 88.8 Å². The highest BCUT2D eigenvalue weighted by Gasteiger charge is 2.43. The third-order valence-corrected chi connectivity index (χ3v) is 4.33. The van der Waals surface area contributed by atoms with Gasteiger partial charge in [-0.2, -0.15) is 0 Å². The lowest BCUT2D eigenvalue weighted by Gasteiger charge is -2.25. The monoisotopic (exact) mass is 312 g/mol. The number of carbonyl (C=O) groups is 3. The number of nitrogens with zero attached hydrogens (tertiary/aromatic N) is 1. The molecular formula is C13H16N2O5S. The highest BCUT2D eigenvalue weighted by atomic mass is 32.2. The van der Waals surface area contributed by atoms with Crippen LogP contribution < -0.4 is 5.32 Å². The highest BCUT2D eigenvalue weighted by molar-refractivity contribution is 7.99. The number of esters is 1. The number of hydrogen-bond acceptors (Lipinski definition) is 6. The molecule has 21 heavy (non-hydrogen) atoms. The molecule has 2 atom stereocenters. The zero-order chi connectivity index (χ0) is 15.4. The van der Waals surface area contributed by atoms with Gasteiger partial charge in [-0.25, -0.2) is 4.79 Å². The van der Waals surface area contributed by atoms with Crippen LogP contribution in [-0.2, 0) is 19.1 Å². The summed E-state index contributed by atoms with van der Waals surface area (Å²) in [6.07, 6.45) is 1.52. The van der Waals surface area contributed by atoms with E-state index in [9.17, 15) is 14.4 Å². The molecule has 1 N–H and O–H groups in total. The maximum Gasteiger partial charge on any atom is 0.330 e. The largest absolute Gasteiger partial charge is 0.466 e. The maximum absolute atomic E-state index is 12.1. The van der Waals surface area contributed by atoms with E-state index in [0.717, 1.165) is 0 Å². The van der Waals surface area contributed by atoms with Crippen LogP contribution in [0.1, 0.15) is 18.1 Å². The molecule has 1 aliphatic rings. The van der Waals surface area contributed by atoms with Gasteiger partial charge in [-0.05, 0) is 12.1 Å². The van der Waals surface area contributed by atoms with E-state index in [0.29, 0.717) is 11.5 Å². The van der Waals surface area contributed by atoms with Crippen molar-refractivity contribution in [2.45, 2.75) is 18.3 Å². The van der Waals surface area contributed by atoms with Gasteiger partial charge in [0.25, 0.3) is 5.91 Å². The molecule has 8 heteroatoms. The van der Waals surface area contributed by atoms with Crippen LogP contribution in [-0.4, -0.2) is 48.1 Å². The summed E-state index contributed by atoms with van der Waals surface area (Å²) < 4.78 is 10.2. The number of rotatable bonds is 4. The predicted molar refractivity (Wildman–Crippen MR) is 75.2 cm³/mol. The van der Waals surface area contributed by atoms with Crippen LogP contribution >= 0.6 is 11.8 Å². The normalized spacial score (nSPS) is 21.1. The lowest BCUT2D eigenvalue weighted by molar-refractivity contribution is -0.156. The number of likely N-dealkylation sites (N-methyl/N-ethyl adjacent to an activating group) is 1. The first-order valence-corrected chi connectivity index (χ1v) is 7.40. The van der Waals surface area contributed by atoms with Crippen molar-refractivity contribution in [1.29, 1.82) is 0 Å². The molecule has 1 aromatic heterocycles. The number of carbonyl (C=O) groups excluding carboxylic acids is 3. The minimum Gasteiger partial charge on any atom is -0.466 e. The summed E-state index contributed by atoms with van der Waals surface area (Å²) in [7, 11) is 1.45. The van der Waals surface area contributed by atoms with E-state index in [4.69, 9.17) is 9.15 Å². The van der Waals surface area contributed by atoms with Crippen molar-refractivity contribution in [2.24, 2.45) is 0 Å². The molecular weight excluding hydrogens is 296 g/mol. The molecule has 1 saturated heterocycles. The lowest BCUT2D eigenvalue weighted by atomic mass is 10.2. The Morgan fingerprint density at radius 3 is 2.86 bits per heavy atom. The van der Waals surface area contributed by atoms with E-state index in [1.807, 2.05) is 0 Å². The van der Waals surface area contributed by atoms with Crippen LogP contribution in [0.4, 0.5) is 0 Å². The summed E-state index contributed by atoms with van der Waals surface area (Å²) in [6, 6.07) is 2.77. The standard InChI is InChI=1S/C13H16N2O5S/c1-8(16)15-9(13(18)20-6-11(17)14-2)7-21-12(15)10-4-3-5-19-10/h3-5,9,12H,6-7H2,1-2H3,(H,14,17)/t9-,12-/m1/s1. The van der Waals surface area contributed by atoms with Crippen LogP contribution in [0.2, 0.25) is 0 Å². The van der Waals surface area contributed by atoms with E-state index >= 15 is 0 Å². The van der Waals surface area contributed by atoms with Crippen LogP contribution in [0.15, 0.2) is 22.8 Å². The van der Waals surface area contributed by atoms with E-state index in [1.54, 1.807) is 12.1 Å². The van der Waals surface area contributed by atoms with Gasteiger partial charge in [0.1, 0.15) is 17.2 Å². The first-order valence-electron chi connectivity index (χ1n) is 6.35. The van der Waals surface area contributed by atoms with E-state index in [-0.39, 0.29) is 17.9 Å². The molecule has 1 fully saturated rings. The van der Waals surface area contributed by atoms with Crippen molar-refractivity contribution in [3.05, 3.63) is 24.2 Å². The van der Waals surface area contributed by atoms with Crippen LogP contribution in [0.3, 0.4) is 0 Å². The summed E-state index contributed by atoms with van der Waals surface area (Å²) in [4.78, 5) is 36.4. The highest BCUT2D eigenvalue weighted by Crippen LogP contribution is 2.41. The first-order chi connectivity index (χ1) is 10.0. The Labute approximate surface area is 126 Å². The van der Waals surface area contributed by atoms with Crippen molar-refractivity contribution in [1.82, 2.24) is 10.2 Å². The minimum absolute atomic E-state index is 0.247. The van der Waals surface area contributed by atoms with Gasteiger partial charge in [0.15, 0.2) is 6.61 Å². The molecule has 1 aromatic rings. The predicted octanol–water partition coefficient (Wildman–Crippen LogP) is 0.531. The van der Waals surface area contributed by atoms with Crippen molar-refractivity contribution in [3.63, 3.8) is 0 Å². The smallest absolute Gasteiger partial charge is 0.330 e. The van der Waals surface area contributed by atoms with Gasteiger partial charge in [0.2, 0.25) is 5.91 Å². The second kappa shape index (κ2) is 6.66. The average Bonchev–Trinajstić information content (AvgIpc) is 3.11. The van der Waals surface area contributed by atoms with Crippen molar-refractivity contribution < 1.29 is 23.5 Å². The van der Waals surface area contributed by atoms with Gasteiger partial charge < -0.3 is 19.4 Å². The number of hydrogen-bond donors (Lipinski definition) is 1. The first kappa shape index (κ1) is 15.4. The molecule has 2 amide bonds. The van der Waals surface area contributed by atoms with Gasteiger partial charge in [0.05, 0.1) is 6.26 Å². The zero-order valence-electron chi connectivity index (χ0n) is 11.7. The molecule has 2 rings (SSSR count). The summed E-state index contributed by atoms with van der Waals surface area (Å²) in [5.41, 5.74) is 0. The number of thioether (sulfide) groups is 1. The molecule has 0 aromatic carbocycles. The SMILES string of the molecule is CNC(=O)COC(=O)[C@H]1CS[C@H](c2ccco2)N1C(C)=O. The van der Waals surface area contributed by atoms with Crippen molar-refractivity contribution >= 4 is 29.5 Å². The van der Waals surface area contributed by atoms with Gasteiger partial charge in [0, 0.05) is 19.7 Å². The maximum atomic E-state index is 12.1. The molecule has 0 spiro atoms. The number of furan rings is 1. The Morgan fingerprint density at radius 2 is 2.29 bits per heavy atom. The van der Waals surface area contributed by atoms with Gasteiger partial charge >= 0.3 is 5.97 Å². The Kier molecular flexibility index (Phi) is 4.89. The summed E-state index contributed by atoms with van der Waals surface area (Å²) in [5.74, 6) is -0.223. The van der Waals surface area contributed by atoms with Crippen molar-refractivity contribution in [3.8, 4) is 0 Å². The molecule has 0 aliphatic carbocycles. The van der Waals surface area contributed by atoms with Gasteiger partial charge in [-0.3, -0.25) is 9.59 Å². The number of amides is 2. The third-order valence-electron chi connectivity index (χ3n) is 3.05. The van der Waals surface area contributed by atoms with Crippen LogP contribution in [0.5, 0.6) is 0 Å². The fourth-order valence-corrected chi connectivity index (χ4v) is 3.44. The van der Waals surface area contributed by atoms with Crippen LogP contribution in [0, 0.1) is 0 Å². The molecule has 0 radical (unpaired) electrons. The van der Waals surface area contributed by atoms with E-state index in [2.05, 4.69) is 5.32 Å². The second-order valence-corrected chi connectivity index (χ2v) is 5.54. The van der Waals surface area contributed by atoms with Gasteiger partial charge in [-0.1, -0.05) is 0 Å². The molecule has 0 unspecified atom stereocenters. The number of nitrogens with one attached hydrogen (secondary N) is 1. The Hall–Kier alpha value is -1.96. The number of ether oxygens (including phenoxy) is 1. The fraction of sp³-hybridized carbons (Fsp3) is 0.462. The third kappa shape index (κ3) is 3.38. The Bertz CT molecular complexity index is 531. The summed E-state index contributed by atoms with van der Waals surface area (Å²) in [5, 5.41) is 2.01. The molecule has 2 heterocycles. The fourth-order valence-electron chi connectivity index (χ4n) is 2.03. The molecule has 0 bridgehead atoms. The molecule has 0 saturated carbocycles. The molecule has 114 valence electrons. The quantitative estimate of drug-likeness (QED) is 0.816. The summed E-state index contributed by atoms with van der Waals surface area (Å²) in [6.45, 7) is 1.04. The zero-order valence-corrected chi connectivity index (χ0v) is 12.5. The second-order valence-electron chi connectivity index (χ2n) is 4.42. The van der Waals surface area contributed by atoms with Gasteiger partial charge in [-0.15, -0.1) is 11.8 Å². The Morgan fingerprint density at radius 1 is 1.52 bits per heavy atom. The van der Waals surface area contributed by atoms with E-state index < -0.39 is 17.9 Å². The van der Waals surface area contributed by atoms with Crippen molar-refractivity contribution in [2.75, 3.05) is 19.4 Å². The molecule has 7 nitrogen and oxygen atoms in total. The lowest BCUT2D eigenvalue weighted by Crippen LogP contribution is -2.43. The van der Waals surface area contributed by atoms with Crippen LogP contribution in [0.25, 0.3) is 0 Å². The Balaban J connectivity index is 2.07.